The number of hydrogen-bond donors (Lipinski definition) is 1. The van der Waals surface area contributed by atoms with E-state index in [2.05, 4.69) is 10.3 Å². The van der Waals surface area contributed by atoms with Crippen molar-refractivity contribution >= 4 is 33.8 Å². The Bertz CT molecular complexity index is 1120. The van der Waals surface area contributed by atoms with Gasteiger partial charge in [0.05, 0.1) is 16.5 Å². The first-order chi connectivity index (χ1) is 12.2. The largest absolute Gasteiger partial charge is 0.352 e. The monoisotopic (exact) mass is 349 g/mol. The maximum Gasteiger partial charge on any atom is 0.265 e. The van der Waals surface area contributed by atoms with Crippen LogP contribution in [0.1, 0.15) is 15.2 Å². The smallest absolute Gasteiger partial charge is 0.265 e. The van der Waals surface area contributed by atoms with Crippen molar-refractivity contribution in [2.45, 2.75) is 6.42 Å². The lowest BCUT2D eigenvalue weighted by molar-refractivity contribution is 0.0953. The van der Waals surface area contributed by atoms with Crippen molar-refractivity contribution in [1.82, 2.24) is 14.7 Å². The zero-order valence-electron chi connectivity index (χ0n) is 13.3. The van der Waals surface area contributed by atoms with E-state index >= 15 is 0 Å². The molecule has 3 aromatic heterocycles. The summed E-state index contributed by atoms with van der Waals surface area (Å²) in [5, 5.41) is 5.45. The fraction of sp³-hybridized carbons (Fsp3) is 0.105. The van der Waals surface area contributed by atoms with E-state index in [0.29, 0.717) is 28.7 Å². The lowest BCUT2D eigenvalue weighted by Crippen LogP contribution is -2.26. The molecule has 25 heavy (non-hydrogen) atoms. The molecule has 4 aromatic rings. The number of rotatable bonds is 4. The highest BCUT2D eigenvalue weighted by molar-refractivity contribution is 7.09. The molecule has 0 aliphatic carbocycles. The molecule has 0 saturated carbocycles. The van der Waals surface area contributed by atoms with Crippen LogP contribution in [0.4, 0.5) is 0 Å². The number of aromatic nitrogens is 2. The van der Waals surface area contributed by atoms with Crippen LogP contribution < -0.4 is 10.9 Å². The Kier molecular flexibility index (Phi) is 4.03. The van der Waals surface area contributed by atoms with Gasteiger partial charge in [0.25, 0.3) is 11.5 Å². The summed E-state index contributed by atoms with van der Waals surface area (Å²) in [6.45, 7) is 0.558. The molecule has 3 heterocycles. The Labute approximate surface area is 147 Å². The van der Waals surface area contributed by atoms with Crippen LogP contribution in [-0.2, 0) is 6.42 Å². The zero-order valence-corrected chi connectivity index (χ0v) is 14.1. The summed E-state index contributed by atoms with van der Waals surface area (Å²) < 4.78 is 1.43. The van der Waals surface area contributed by atoms with Gasteiger partial charge in [-0.3, -0.25) is 14.0 Å². The zero-order chi connectivity index (χ0) is 17.2. The highest BCUT2D eigenvalue weighted by atomic mass is 32.1. The molecule has 6 heteroatoms. The SMILES string of the molecule is O=C(NCCc1cccs1)c1ccc2nc3ccccc3c(=O)n2c1. The number of benzene rings is 1. The molecule has 0 aliphatic rings. The summed E-state index contributed by atoms with van der Waals surface area (Å²) in [6, 6.07) is 14.6. The highest BCUT2D eigenvalue weighted by Crippen LogP contribution is 2.11. The molecule has 0 atom stereocenters. The van der Waals surface area contributed by atoms with Gasteiger partial charge in [-0.25, -0.2) is 4.98 Å². The first-order valence-corrected chi connectivity index (χ1v) is 8.82. The number of nitrogens with zero attached hydrogens (tertiary/aromatic N) is 2. The Balaban J connectivity index is 1.61. The lowest BCUT2D eigenvalue weighted by atomic mass is 10.2. The number of para-hydroxylation sites is 1. The van der Waals surface area contributed by atoms with Crippen LogP contribution in [0, 0.1) is 0 Å². The number of carbonyl (C=O) groups is 1. The second-order valence-corrected chi connectivity index (χ2v) is 6.70. The van der Waals surface area contributed by atoms with E-state index in [4.69, 9.17) is 0 Å². The van der Waals surface area contributed by atoms with E-state index in [1.165, 1.54) is 9.28 Å². The highest BCUT2D eigenvalue weighted by Gasteiger charge is 2.09. The minimum absolute atomic E-state index is 0.172. The minimum Gasteiger partial charge on any atom is -0.352 e. The molecule has 1 amide bonds. The molecule has 0 saturated heterocycles. The number of carbonyl (C=O) groups excluding carboxylic acids is 1. The molecule has 0 fully saturated rings. The number of fused-ring (bicyclic) bond motifs is 2. The summed E-state index contributed by atoms with van der Waals surface area (Å²) in [7, 11) is 0. The predicted molar refractivity (Wildman–Crippen MR) is 99.3 cm³/mol. The molecule has 0 spiro atoms. The molecule has 0 bridgehead atoms. The Morgan fingerprint density at radius 3 is 2.84 bits per heavy atom. The normalized spacial score (nSPS) is 11.0. The number of amides is 1. The maximum atomic E-state index is 12.6. The van der Waals surface area contributed by atoms with Crippen molar-refractivity contribution in [2.75, 3.05) is 6.54 Å². The summed E-state index contributed by atoms with van der Waals surface area (Å²) in [4.78, 5) is 30.7. The van der Waals surface area contributed by atoms with Gasteiger partial charge in [0.15, 0.2) is 0 Å². The van der Waals surface area contributed by atoms with Gasteiger partial charge < -0.3 is 5.32 Å². The molecule has 4 rings (SSSR count). The molecule has 1 N–H and O–H groups in total. The van der Waals surface area contributed by atoms with Crippen LogP contribution in [0.15, 0.2) is 64.9 Å². The van der Waals surface area contributed by atoms with Crippen LogP contribution >= 0.6 is 11.3 Å². The second kappa shape index (κ2) is 6.49. The molecule has 124 valence electrons. The molecular weight excluding hydrogens is 334 g/mol. The van der Waals surface area contributed by atoms with Crippen LogP contribution in [-0.4, -0.2) is 21.8 Å². The average Bonchev–Trinajstić information content (AvgIpc) is 3.15. The number of thiophene rings is 1. The topological polar surface area (TPSA) is 63.5 Å². The van der Waals surface area contributed by atoms with Crippen molar-refractivity contribution in [3.05, 3.63) is 80.9 Å². The standard InChI is InChI=1S/C19H15N3O2S/c23-18(20-10-9-14-4-3-11-25-14)13-7-8-17-21-16-6-2-1-5-15(16)19(24)22(17)12-13/h1-8,11-12H,9-10H2,(H,20,23). The van der Waals surface area contributed by atoms with E-state index in [9.17, 15) is 9.59 Å². The molecule has 0 aliphatic heterocycles. The van der Waals surface area contributed by atoms with Crippen LogP contribution in [0.3, 0.4) is 0 Å². The van der Waals surface area contributed by atoms with Crippen molar-refractivity contribution < 1.29 is 4.79 Å². The third-order valence-corrected chi connectivity index (χ3v) is 4.95. The second-order valence-electron chi connectivity index (χ2n) is 5.67. The summed E-state index contributed by atoms with van der Waals surface area (Å²) in [5.74, 6) is -0.196. The Morgan fingerprint density at radius 2 is 2.00 bits per heavy atom. The Hall–Kier alpha value is -2.99. The molecule has 0 unspecified atom stereocenters. The molecule has 0 radical (unpaired) electrons. The average molecular weight is 349 g/mol. The third-order valence-electron chi connectivity index (χ3n) is 4.01. The van der Waals surface area contributed by atoms with Crippen molar-refractivity contribution in [1.29, 1.82) is 0 Å². The summed E-state index contributed by atoms with van der Waals surface area (Å²) >= 11 is 1.67. The Morgan fingerprint density at radius 1 is 1.12 bits per heavy atom. The van der Waals surface area contributed by atoms with Gasteiger partial charge in [0.2, 0.25) is 0 Å². The molecule has 1 aromatic carbocycles. The van der Waals surface area contributed by atoms with Crippen molar-refractivity contribution in [2.24, 2.45) is 0 Å². The fourth-order valence-corrected chi connectivity index (χ4v) is 3.45. The van der Waals surface area contributed by atoms with Gasteiger partial charge in [-0.05, 0) is 42.1 Å². The van der Waals surface area contributed by atoms with E-state index in [1.54, 1.807) is 41.8 Å². The van der Waals surface area contributed by atoms with E-state index in [0.717, 1.165) is 6.42 Å². The van der Waals surface area contributed by atoms with Crippen molar-refractivity contribution in [3.8, 4) is 0 Å². The van der Waals surface area contributed by atoms with Crippen LogP contribution in [0.5, 0.6) is 0 Å². The van der Waals surface area contributed by atoms with Gasteiger partial charge in [-0.15, -0.1) is 11.3 Å². The summed E-state index contributed by atoms with van der Waals surface area (Å²) in [6.07, 6.45) is 2.35. The van der Waals surface area contributed by atoms with Crippen molar-refractivity contribution in [3.63, 3.8) is 0 Å². The van der Waals surface area contributed by atoms with E-state index < -0.39 is 0 Å². The van der Waals surface area contributed by atoms with Gasteiger partial charge in [-0.1, -0.05) is 18.2 Å². The predicted octanol–water partition coefficient (Wildman–Crippen LogP) is 2.88. The summed E-state index contributed by atoms with van der Waals surface area (Å²) in [5.41, 5.74) is 1.45. The minimum atomic E-state index is -0.196. The molecular formula is C19H15N3O2S. The van der Waals surface area contributed by atoms with Gasteiger partial charge >= 0.3 is 0 Å². The number of nitrogens with one attached hydrogen (secondary N) is 1. The van der Waals surface area contributed by atoms with Crippen LogP contribution in [0.2, 0.25) is 0 Å². The fourth-order valence-electron chi connectivity index (χ4n) is 2.74. The number of pyridine rings is 1. The number of hydrogen-bond acceptors (Lipinski definition) is 4. The first-order valence-electron chi connectivity index (χ1n) is 7.94. The van der Waals surface area contributed by atoms with Gasteiger partial charge in [-0.2, -0.15) is 0 Å². The quantitative estimate of drug-likeness (QED) is 0.576. The maximum absolute atomic E-state index is 12.6. The lowest BCUT2D eigenvalue weighted by Gasteiger charge is -2.07. The van der Waals surface area contributed by atoms with Gasteiger partial charge in [0, 0.05) is 17.6 Å². The van der Waals surface area contributed by atoms with Crippen LogP contribution in [0.25, 0.3) is 16.6 Å². The van der Waals surface area contributed by atoms with E-state index in [1.807, 2.05) is 29.6 Å². The molecule has 5 nitrogen and oxygen atoms in total. The third kappa shape index (κ3) is 3.04. The van der Waals surface area contributed by atoms with E-state index in [-0.39, 0.29) is 11.5 Å². The first kappa shape index (κ1) is 15.5. The van der Waals surface area contributed by atoms with Gasteiger partial charge in [0.1, 0.15) is 5.65 Å².